The van der Waals surface area contributed by atoms with E-state index in [0.717, 1.165) is 25.1 Å². The third-order valence-electron chi connectivity index (χ3n) is 5.83. The van der Waals surface area contributed by atoms with E-state index in [4.69, 9.17) is 38.3 Å². The molecule has 4 aromatic rings. The maximum Gasteiger partial charge on any atom is 0.293 e. The third-order valence-corrected chi connectivity index (χ3v) is 6.33. The van der Waals surface area contributed by atoms with E-state index in [2.05, 4.69) is 42.1 Å². The third kappa shape index (κ3) is 4.93. The normalized spacial score (nSPS) is 13.1. The van der Waals surface area contributed by atoms with Gasteiger partial charge in [0, 0.05) is 22.8 Å². The topological polar surface area (TPSA) is 150 Å². The van der Waals surface area contributed by atoms with Crippen molar-refractivity contribution in [1.82, 2.24) is 30.7 Å². The fourth-order valence-corrected chi connectivity index (χ4v) is 4.78. The Morgan fingerprint density at radius 1 is 1.30 bits per heavy atom. The van der Waals surface area contributed by atoms with Gasteiger partial charge in [0.15, 0.2) is 5.69 Å². The molecule has 0 saturated carbocycles. The van der Waals surface area contributed by atoms with Crippen molar-refractivity contribution < 1.29 is 14.2 Å². The van der Waals surface area contributed by atoms with Crippen molar-refractivity contribution in [3.8, 4) is 11.6 Å². The lowest BCUT2D eigenvalue weighted by Gasteiger charge is -2.31. The van der Waals surface area contributed by atoms with Crippen molar-refractivity contribution in [2.45, 2.75) is 19.4 Å². The summed E-state index contributed by atoms with van der Waals surface area (Å²) in [6.07, 6.45) is 3.31. The molecule has 2 aromatic carbocycles. The van der Waals surface area contributed by atoms with Gasteiger partial charge in [-0.1, -0.05) is 46.6 Å². The van der Waals surface area contributed by atoms with Gasteiger partial charge in [0.25, 0.3) is 5.91 Å². The van der Waals surface area contributed by atoms with Crippen LogP contribution in [0.1, 0.15) is 33.7 Å². The number of hydrazone groups is 1. The number of nitrogen functional groups attached to an aromatic ring is 1. The largest absolute Gasteiger partial charge is 0.495 e. The minimum atomic E-state index is -0.593. The van der Waals surface area contributed by atoms with Crippen LogP contribution in [0.15, 0.2) is 46.1 Å². The number of ether oxygens (including phenoxy) is 1. The van der Waals surface area contributed by atoms with Crippen LogP contribution in [-0.2, 0) is 13.0 Å². The number of hydrogen-bond donors (Lipinski definition) is 2. The quantitative estimate of drug-likeness (QED) is 0.265. The van der Waals surface area contributed by atoms with E-state index in [9.17, 15) is 4.79 Å². The number of nitrogens with zero attached hydrogens (tertiary/aromatic N) is 7. The van der Waals surface area contributed by atoms with E-state index in [1.165, 1.54) is 23.6 Å². The number of amides is 1. The van der Waals surface area contributed by atoms with Crippen LogP contribution >= 0.6 is 23.2 Å². The number of halogens is 2. The maximum absolute atomic E-state index is 13.2. The zero-order valence-corrected chi connectivity index (χ0v) is 21.1. The molecule has 0 bridgehead atoms. The molecule has 190 valence electrons. The van der Waals surface area contributed by atoms with E-state index in [1.54, 1.807) is 12.1 Å². The van der Waals surface area contributed by atoms with Crippen LogP contribution < -0.4 is 20.8 Å². The molecule has 2 aromatic heterocycles. The molecule has 0 fully saturated rings. The first-order chi connectivity index (χ1) is 18.0. The summed E-state index contributed by atoms with van der Waals surface area (Å²) in [4.78, 5) is 15.3. The highest BCUT2D eigenvalue weighted by Gasteiger charge is 2.27. The van der Waals surface area contributed by atoms with Gasteiger partial charge in [0.05, 0.1) is 30.6 Å². The molecule has 3 N–H and O–H groups in total. The second-order valence-corrected chi connectivity index (χ2v) is 8.98. The van der Waals surface area contributed by atoms with E-state index in [1.807, 2.05) is 18.2 Å². The number of nitrogens with one attached hydrogen (secondary N) is 1. The average Bonchev–Trinajstić information content (AvgIpc) is 3.49. The minimum absolute atomic E-state index is 0.0140. The summed E-state index contributed by atoms with van der Waals surface area (Å²) in [5.41, 5.74) is 11.6. The first kappa shape index (κ1) is 24.5. The van der Waals surface area contributed by atoms with Gasteiger partial charge in [-0.2, -0.15) is 9.78 Å². The number of rotatable bonds is 7. The number of anilines is 2. The number of carbonyl (C=O) groups is 1. The van der Waals surface area contributed by atoms with E-state index >= 15 is 0 Å². The van der Waals surface area contributed by atoms with Crippen LogP contribution in [0.2, 0.25) is 10.0 Å². The SMILES string of the molecule is COc1c(Cl)cc(Cl)cc1/C=N\NC(=O)c1nnn(-c2nonc2N)c1CN1CCCc2ccccc21. The number of para-hydroxylation sites is 1. The number of hydrogen-bond acceptors (Lipinski definition) is 10. The second kappa shape index (κ2) is 10.4. The Bertz CT molecular complexity index is 1480. The van der Waals surface area contributed by atoms with Gasteiger partial charge in [0.1, 0.15) is 5.75 Å². The highest BCUT2D eigenvalue weighted by Crippen LogP contribution is 2.31. The number of aryl methyl sites for hydroxylation is 1. The van der Waals surface area contributed by atoms with Crippen molar-refractivity contribution in [3.63, 3.8) is 0 Å². The van der Waals surface area contributed by atoms with Crippen molar-refractivity contribution in [2.75, 3.05) is 24.3 Å². The molecule has 1 aliphatic heterocycles. The lowest BCUT2D eigenvalue weighted by atomic mass is 10.0. The predicted molar refractivity (Wildman–Crippen MR) is 138 cm³/mol. The molecular formula is C23H21Cl2N9O3. The Kier molecular flexibility index (Phi) is 6.93. The van der Waals surface area contributed by atoms with Gasteiger partial charge in [-0.05, 0) is 46.9 Å². The zero-order valence-electron chi connectivity index (χ0n) is 19.6. The van der Waals surface area contributed by atoms with Crippen LogP contribution in [0.3, 0.4) is 0 Å². The number of aromatic nitrogens is 5. The minimum Gasteiger partial charge on any atom is -0.495 e. The predicted octanol–water partition coefficient (Wildman–Crippen LogP) is 3.26. The highest BCUT2D eigenvalue weighted by molar-refractivity contribution is 6.36. The van der Waals surface area contributed by atoms with Gasteiger partial charge in [0.2, 0.25) is 11.6 Å². The van der Waals surface area contributed by atoms with Crippen molar-refractivity contribution in [3.05, 3.63) is 69.0 Å². The molecule has 5 rings (SSSR count). The Balaban J connectivity index is 1.46. The summed E-state index contributed by atoms with van der Waals surface area (Å²) in [5.74, 6) is -0.0767. The summed E-state index contributed by atoms with van der Waals surface area (Å²) >= 11 is 12.3. The number of methoxy groups -OCH3 is 1. The van der Waals surface area contributed by atoms with Gasteiger partial charge in [-0.3, -0.25) is 4.79 Å². The summed E-state index contributed by atoms with van der Waals surface area (Å²) in [6.45, 7) is 1.09. The molecule has 0 aliphatic carbocycles. The lowest BCUT2D eigenvalue weighted by Crippen LogP contribution is -2.31. The number of nitrogens with two attached hydrogens (primary N) is 1. The standard InChI is InChI=1S/C23H21Cl2N9O3/c1-36-20-14(9-15(24)10-16(20)25)11-27-29-23(35)19-18(34(32-28-19)22-21(26)30-37-31-22)12-33-8-4-6-13-5-2-3-7-17(13)33/h2-3,5,7,9-11H,4,6,8,12H2,1H3,(H2,26,30)(H,29,35)/b27-11-. The van der Waals surface area contributed by atoms with Gasteiger partial charge < -0.3 is 15.4 Å². The van der Waals surface area contributed by atoms with E-state index in [0.29, 0.717) is 33.6 Å². The molecule has 0 unspecified atom stereocenters. The summed E-state index contributed by atoms with van der Waals surface area (Å²) < 4.78 is 11.4. The van der Waals surface area contributed by atoms with Crippen LogP contribution in [0.4, 0.5) is 11.5 Å². The van der Waals surface area contributed by atoms with Gasteiger partial charge in [-0.25, -0.2) is 10.1 Å². The Morgan fingerprint density at radius 2 is 2.14 bits per heavy atom. The Hall–Kier alpha value is -4.16. The zero-order chi connectivity index (χ0) is 25.9. The molecule has 1 aliphatic rings. The smallest absolute Gasteiger partial charge is 0.293 e. The van der Waals surface area contributed by atoms with Crippen LogP contribution in [-0.4, -0.2) is 51.1 Å². The molecule has 37 heavy (non-hydrogen) atoms. The number of benzene rings is 2. The molecule has 14 heteroatoms. The lowest BCUT2D eigenvalue weighted by molar-refractivity contribution is 0.0949. The van der Waals surface area contributed by atoms with E-state index in [-0.39, 0.29) is 17.3 Å². The van der Waals surface area contributed by atoms with Crippen LogP contribution in [0.5, 0.6) is 5.75 Å². The molecule has 0 radical (unpaired) electrons. The average molecular weight is 542 g/mol. The van der Waals surface area contributed by atoms with Crippen molar-refractivity contribution in [1.29, 1.82) is 0 Å². The Labute approximate surface area is 220 Å². The molecular weight excluding hydrogens is 521 g/mol. The fourth-order valence-electron chi connectivity index (χ4n) is 4.19. The summed E-state index contributed by atoms with van der Waals surface area (Å²) in [6, 6.07) is 11.3. The van der Waals surface area contributed by atoms with Crippen LogP contribution in [0, 0.1) is 0 Å². The van der Waals surface area contributed by atoms with Crippen molar-refractivity contribution in [2.24, 2.45) is 5.10 Å². The van der Waals surface area contributed by atoms with Gasteiger partial charge in [-0.15, -0.1) is 5.10 Å². The molecule has 12 nitrogen and oxygen atoms in total. The molecule has 0 saturated heterocycles. The highest BCUT2D eigenvalue weighted by atomic mass is 35.5. The van der Waals surface area contributed by atoms with E-state index < -0.39 is 5.91 Å². The molecule has 1 amide bonds. The Morgan fingerprint density at radius 3 is 2.92 bits per heavy atom. The second-order valence-electron chi connectivity index (χ2n) is 8.13. The number of carbonyl (C=O) groups excluding carboxylic acids is 1. The number of fused-ring (bicyclic) bond motifs is 1. The van der Waals surface area contributed by atoms with Crippen LogP contribution in [0.25, 0.3) is 5.82 Å². The summed E-state index contributed by atoms with van der Waals surface area (Å²) in [5, 5.41) is 20.4. The first-order valence-corrected chi connectivity index (χ1v) is 11.9. The van der Waals surface area contributed by atoms with Gasteiger partial charge >= 0.3 is 0 Å². The maximum atomic E-state index is 13.2. The summed E-state index contributed by atoms with van der Waals surface area (Å²) in [7, 11) is 1.47. The van der Waals surface area contributed by atoms with Crippen molar-refractivity contribution >= 4 is 46.8 Å². The fraction of sp³-hybridized carbons (Fsp3) is 0.217. The first-order valence-electron chi connectivity index (χ1n) is 11.2. The molecule has 0 atom stereocenters. The molecule has 0 spiro atoms. The molecule has 3 heterocycles. The monoisotopic (exact) mass is 541 g/mol.